The molecule has 3 rings (SSSR count). The van der Waals surface area contributed by atoms with E-state index in [1.807, 2.05) is 0 Å². The van der Waals surface area contributed by atoms with Crippen LogP contribution >= 0.6 is 24.3 Å². The van der Waals surface area contributed by atoms with E-state index in [0.29, 0.717) is 36.0 Å². The van der Waals surface area contributed by atoms with Gasteiger partial charge in [0.05, 0.1) is 0 Å². The van der Waals surface area contributed by atoms with Gasteiger partial charge in [-0.3, -0.25) is 0 Å². The molecular weight excluding hydrogens is 288 g/mol. The Labute approximate surface area is 131 Å². The van der Waals surface area contributed by atoms with Crippen LogP contribution in [-0.2, 0) is 0 Å². The van der Waals surface area contributed by atoms with Crippen LogP contribution in [0.5, 0.6) is 0 Å². The van der Waals surface area contributed by atoms with E-state index in [0.717, 1.165) is 0 Å². The van der Waals surface area contributed by atoms with Gasteiger partial charge in [0.25, 0.3) is 0 Å². The molecule has 6 heteroatoms. The van der Waals surface area contributed by atoms with Crippen LogP contribution in [0.25, 0.3) is 0 Å². The molecule has 4 nitrogen and oxygen atoms in total. The summed E-state index contributed by atoms with van der Waals surface area (Å²) in [6, 6.07) is 2.11. The third-order valence-electron chi connectivity index (χ3n) is 5.10. The zero-order valence-corrected chi connectivity index (χ0v) is 14.9. The molecule has 2 heterocycles. The van der Waals surface area contributed by atoms with Gasteiger partial charge in [-0.15, -0.1) is 0 Å². The molecule has 0 aromatic heterocycles. The Balaban J connectivity index is 2.00. The van der Waals surface area contributed by atoms with Crippen molar-refractivity contribution in [1.29, 1.82) is 0 Å². The van der Waals surface area contributed by atoms with Crippen molar-refractivity contribution in [1.82, 2.24) is 18.9 Å². The Kier molecular flexibility index (Phi) is 3.88. The van der Waals surface area contributed by atoms with Gasteiger partial charge in [0.15, 0.2) is 0 Å². The number of hydrogen-bond donors (Lipinski definition) is 4. The molecule has 0 spiro atoms. The highest BCUT2D eigenvalue weighted by Gasteiger charge is 2.59. The molecule has 2 saturated heterocycles. The molecule has 0 bridgehead atoms. The topological polar surface area (TPSA) is 48.1 Å². The van der Waals surface area contributed by atoms with Crippen LogP contribution < -0.4 is 18.9 Å². The SMILES string of the molecule is CC(C)(C)C1C2NSNC2C(C(C)(C)C)C2NSNC21. The second-order valence-electron chi connectivity index (χ2n) is 8.56. The van der Waals surface area contributed by atoms with Crippen LogP contribution in [-0.4, -0.2) is 24.2 Å². The van der Waals surface area contributed by atoms with Crippen molar-refractivity contribution in [3.63, 3.8) is 0 Å². The van der Waals surface area contributed by atoms with Crippen LogP contribution in [0, 0.1) is 22.7 Å². The summed E-state index contributed by atoms with van der Waals surface area (Å²) in [6.07, 6.45) is 0. The summed E-state index contributed by atoms with van der Waals surface area (Å²) in [5.74, 6) is 1.22. The van der Waals surface area contributed by atoms with Crippen LogP contribution in [0.1, 0.15) is 41.5 Å². The van der Waals surface area contributed by atoms with Gasteiger partial charge in [0, 0.05) is 48.4 Å². The standard InChI is InChI=1S/C14H28N4S2/c1-13(2,3)7-9-11(17-19-15-9)8(14(4,5)6)12-10(7)16-20-18-12/h7-12,15-18H,1-6H3. The van der Waals surface area contributed by atoms with Crippen molar-refractivity contribution in [3.8, 4) is 0 Å². The summed E-state index contributed by atoms with van der Waals surface area (Å²) in [7, 11) is 0. The highest BCUT2D eigenvalue weighted by Crippen LogP contribution is 2.50. The largest absolute Gasteiger partial charge is 0.246 e. The van der Waals surface area contributed by atoms with E-state index in [9.17, 15) is 0 Å². The molecule has 20 heavy (non-hydrogen) atoms. The lowest BCUT2D eigenvalue weighted by atomic mass is 9.56. The fourth-order valence-corrected chi connectivity index (χ4v) is 6.27. The first-order valence-corrected chi connectivity index (χ1v) is 9.18. The Morgan fingerprint density at radius 1 is 0.550 bits per heavy atom. The summed E-state index contributed by atoms with van der Waals surface area (Å²) in [4.78, 5) is 0. The lowest BCUT2D eigenvalue weighted by molar-refractivity contribution is 0.0155. The first-order valence-electron chi connectivity index (χ1n) is 7.55. The van der Waals surface area contributed by atoms with Crippen LogP contribution in [0.2, 0.25) is 0 Å². The van der Waals surface area contributed by atoms with Gasteiger partial charge in [-0.1, -0.05) is 41.5 Å². The van der Waals surface area contributed by atoms with E-state index in [2.05, 4.69) is 60.4 Å². The molecule has 0 aromatic rings. The number of rotatable bonds is 0. The summed E-state index contributed by atoms with van der Waals surface area (Å²) >= 11 is 3.39. The van der Waals surface area contributed by atoms with Gasteiger partial charge in [-0.2, -0.15) is 0 Å². The number of nitrogens with one attached hydrogen (secondary N) is 4. The Morgan fingerprint density at radius 2 is 0.800 bits per heavy atom. The molecule has 0 radical (unpaired) electrons. The summed E-state index contributed by atoms with van der Waals surface area (Å²) < 4.78 is 14.6. The maximum atomic E-state index is 3.66. The smallest absolute Gasteiger partial charge is 0.0399 e. The Bertz CT molecular complexity index is 320. The van der Waals surface area contributed by atoms with Gasteiger partial charge >= 0.3 is 0 Å². The molecule has 116 valence electrons. The Morgan fingerprint density at radius 3 is 1.00 bits per heavy atom. The van der Waals surface area contributed by atoms with Crippen molar-refractivity contribution < 1.29 is 0 Å². The van der Waals surface area contributed by atoms with E-state index in [1.54, 1.807) is 24.3 Å². The van der Waals surface area contributed by atoms with E-state index in [-0.39, 0.29) is 10.8 Å². The summed E-state index contributed by atoms with van der Waals surface area (Å²) in [5.41, 5.74) is 0.571. The molecule has 1 aliphatic carbocycles. The van der Waals surface area contributed by atoms with E-state index >= 15 is 0 Å². The van der Waals surface area contributed by atoms with Gasteiger partial charge in [0.2, 0.25) is 0 Å². The van der Waals surface area contributed by atoms with Crippen LogP contribution in [0.15, 0.2) is 0 Å². The van der Waals surface area contributed by atoms with Crippen LogP contribution in [0.4, 0.5) is 0 Å². The molecule has 0 amide bonds. The fourth-order valence-electron chi connectivity index (χ4n) is 4.42. The maximum Gasteiger partial charge on any atom is 0.0399 e. The van der Waals surface area contributed by atoms with Gasteiger partial charge < -0.3 is 0 Å². The predicted molar refractivity (Wildman–Crippen MR) is 88.8 cm³/mol. The zero-order valence-electron chi connectivity index (χ0n) is 13.3. The summed E-state index contributed by atoms with van der Waals surface area (Å²) in [6.45, 7) is 14.2. The van der Waals surface area contributed by atoms with Gasteiger partial charge in [0.1, 0.15) is 0 Å². The predicted octanol–water partition coefficient (Wildman–Crippen LogP) is 2.31. The number of fused-ring (bicyclic) bond motifs is 2. The second kappa shape index (κ2) is 5.03. The van der Waals surface area contributed by atoms with Crippen molar-refractivity contribution >= 4 is 24.3 Å². The minimum Gasteiger partial charge on any atom is -0.246 e. The molecule has 3 fully saturated rings. The molecule has 0 aromatic carbocycles. The zero-order chi connectivity index (χ0) is 14.7. The second-order valence-corrected chi connectivity index (χ2v) is 9.91. The van der Waals surface area contributed by atoms with E-state index in [1.165, 1.54) is 0 Å². The average molecular weight is 317 g/mol. The first kappa shape index (κ1) is 15.4. The van der Waals surface area contributed by atoms with Gasteiger partial charge in [-0.25, -0.2) is 18.9 Å². The normalized spacial score (nSPS) is 45.3. The minimum atomic E-state index is 0.286. The third kappa shape index (κ3) is 2.42. The maximum absolute atomic E-state index is 3.66. The molecule has 2 aliphatic heterocycles. The molecule has 3 aliphatic rings. The monoisotopic (exact) mass is 316 g/mol. The molecular formula is C14H28N4S2. The van der Waals surface area contributed by atoms with Gasteiger partial charge in [-0.05, 0) is 22.7 Å². The minimum absolute atomic E-state index is 0.286. The van der Waals surface area contributed by atoms with E-state index < -0.39 is 0 Å². The third-order valence-corrected chi connectivity index (χ3v) is 6.66. The average Bonchev–Trinajstić information content (AvgIpc) is 2.88. The van der Waals surface area contributed by atoms with Crippen LogP contribution in [0.3, 0.4) is 0 Å². The summed E-state index contributed by atoms with van der Waals surface area (Å²) in [5, 5.41) is 0. The molecule has 4 atom stereocenters. The van der Waals surface area contributed by atoms with Crippen molar-refractivity contribution in [3.05, 3.63) is 0 Å². The quantitative estimate of drug-likeness (QED) is 0.515. The van der Waals surface area contributed by atoms with Crippen molar-refractivity contribution in [2.75, 3.05) is 0 Å². The molecule has 4 unspecified atom stereocenters. The number of hydrogen-bond acceptors (Lipinski definition) is 6. The molecule has 4 N–H and O–H groups in total. The lowest BCUT2D eigenvalue weighted by Crippen LogP contribution is -2.68. The highest BCUT2D eigenvalue weighted by atomic mass is 32.2. The van der Waals surface area contributed by atoms with Crippen molar-refractivity contribution in [2.24, 2.45) is 22.7 Å². The fraction of sp³-hybridized carbons (Fsp3) is 1.00. The highest BCUT2D eigenvalue weighted by molar-refractivity contribution is 7.96. The first-order chi connectivity index (χ1) is 9.21. The van der Waals surface area contributed by atoms with Crippen molar-refractivity contribution in [2.45, 2.75) is 65.7 Å². The van der Waals surface area contributed by atoms with E-state index in [4.69, 9.17) is 0 Å². The molecule has 1 saturated carbocycles. The Hall–Kier alpha value is 0.540. The lowest BCUT2D eigenvalue weighted by Gasteiger charge is -2.53.